The van der Waals surface area contributed by atoms with Gasteiger partial charge in [0.05, 0.1) is 6.42 Å². The van der Waals surface area contributed by atoms with E-state index in [1.54, 1.807) is 0 Å². The molecule has 5 N–H and O–H groups in total. The number of hydrogen-bond acceptors (Lipinski definition) is 10. The summed E-state index contributed by atoms with van der Waals surface area (Å²) in [5.41, 5.74) is -1.73. The molecule has 0 aromatic heterocycles. The number of unbranched alkanes of at least 4 members (excludes halogenated alkanes) is 28. The molecule has 0 saturated heterocycles. The zero-order chi connectivity index (χ0) is 40.9. The summed E-state index contributed by atoms with van der Waals surface area (Å²) in [5, 5.41) is 9.21. The minimum Gasteiger partial charge on any atom is -0.724 e. The molecule has 0 heterocycles. The van der Waals surface area contributed by atoms with E-state index >= 15 is 0 Å². The van der Waals surface area contributed by atoms with E-state index < -0.39 is 53.0 Å². The maximum Gasteiger partial charge on any atom is 0.308 e. The Labute approximate surface area is 342 Å². The fraction of sp³-hybridized carbons (Fsp3) is 0.930. The van der Waals surface area contributed by atoms with Crippen LogP contribution in [0, 0.1) is 0 Å². The van der Waals surface area contributed by atoms with Crippen molar-refractivity contribution < 1.29 is 51.2 Å². The second kappa shape index (κ2) is 38.7. The first-order valence-corrected chi connectivity index (χ1v) is 23.7. The Kier molecular flexibility index (Phi) is 38.9. The highest BCUT2D eigenvalue weighted by atomic mass is 32.3. The van der Waals surface area contributed by atoms with E-state index in [-0.39, 0.29) is 25.4 Å². The molecule has 0 bridgehead atoms. The number of rotatable bonds is 42. The molecule has 0 saturated carbocycles. The highest BCUT2D eigenvalue weighted by Gasteiger charge is 2.36. The van der Waals surface area contributed by atoms with Crippen LogP contribution in [0.5, 0.6) is 0 Å². The monoisotopic (exact) mass is 824 g/mol. The van der Waals surface area contributed by atoms with Crippen LogP contribution in [-0.2, 0) is 43.5 Å². The van der Waals surface area contributed by atoms with Gasteiger partial charge in [0.25, 0.3) is 0 Å². The van der Waals surface area contributed by atoms with Crippen molar-refractivity contribution >= 4 is 28.3 Å². The van der Waals surface area contributed by atoms with Crippen LogP contribution in [0.3, 0.4) is 0 Å². The van der Waals surface area contributed by atoms with Gasteiger partial charge in [-0.3, -0.25) is 14.4 Å². The van der Waals surface area contributed by atoms with Crippen LogP contribution in [0.1, 0.15) is 245 Å². The van der Waals surface area contributed by atoms with Gasteiger partial charge < -0.3 is 25.3 Å². The summed E-state index contributed by atoms with van der Waals surface area (Å²) in [6.45, 7) is 5.79. The van der Waals surface area contributed by atoms with E-state index in [2.05, 4.69) is 18.2 Å². The molecule has 0 aromatic carbocycles. The van der Waals surface area contributed by atoms with Crippen molar-refractivity contribution in [3.05, 3.63) is 0 Å². The summed E-state index contributed by atoms with van der Waals surface area (Å²) in [7, 11) is -5.28. The first kappa shape index (κ1) is 56.3. The van der Waals surface area contributed by atoms with Crippen LogP contribution >= 0.6 is 0 Å². The molecule has 0 rings (SSSR count). The zero-order valence-corrected chi connectivity index (χ0v) is 37.1. The van der Waals surface area contributed by atoms with Gasteiger partial charge in [-0.15, -0.1) is 4.33 Å². The predicted molar refractivity (Wildman–Crippen MR) is 223 cm³/mol. The molecule has 0 aliphatic rings. The summed E-state index contributed by atoms with van der Waals surface area (Å²) in [6.07, 6.45) is 33.3. The highest BCUT2D eigenvalue weighted by molar-refractivity contribution is 7.80. The van der Waals surface area contributed by atoms with Gasteiger partial charge in [-0.05, 0) is 26.2 Å². The smallest absolute Gasteiger partial charge is 0.308 e. The number of aliphatic carboxylic acids is 1. The van der Waals surface area contributed by atoms with Crippen LogP contribution in [0.15, 0.2) is 0 Å². The molecule has 1 atom stereocenters. The lowest BCUT2D eigenvalue weighted by Crippen LogP contribution is -2.38. The third-order valence-electron chi connectivity index (χ3n) is 10.3. The second-order valence-corrected chi connectivity index (χ2v) is 16.9. The summed E-state index contributed by atoms with van der Waals surface area (Å²) >= 11 is 0. The Balaban J connectivity index is 0. The van der Waals surface area contributed by atoms with E-state index in [0.717, 1.165) is 38.5 Å². The molecule has 0 amide bonds. The van der Waals surface area contributed by atoms with Crippen molar-refractivity contribution in [2.75, 3.05) is 0 Å². The van der Waals surface area contributed by atoms with Gasteiger partial charge in [0, 0.05) is 19.3 Å². The number of carboxylic acids is 1. The van der Waals surface area contributed by atoms with Crippen molar-refractivity contribution in [2.45, 2.75) is 257 Å². The number of ether oxygens (including phenoxy) is 2. The second-order valence-electron chi connectivity index (χ2n) is 15.9. The molecular weight excluding hydrogens is 739 g/mol. The molecule has 0 radical (unpaired) electrons. The van der Waals surface area contributed by atoms with Gasteiger partial charge in [-0.25, -0.2) is 13.3 Å². The van der Waals surface area contributed by atoms with Gasteiger partial charge in [-0.2, -0.15) is 0 Å². The number of hydrogen-bond donors (Lipinski definition) is 2. The van der Waals surface area contributed by atoms with Crippen LogP contribution < -0.4 is 6.15 Å². The Morgan fingerprint density at radius 2 is 0.821 bits per heavy atom. The maximum absolute atomic E-state index is 12.8. The molecule has 12 nitrogen and oxygen atoms in total. The van der Waals surface area contributed by atoms with E-state index in [1.165, 1.54) is 148 Å². The van der Waals surface area contributed by atoms with E-state index in [0.29, 0.717) is 12.8 Å². The minimum atomic E-state index is -5.28. The SMILES string of the molecule is CCCCCCCCCCCCCCCCCC(=O)OC(CC(C)(CCC(=O)O)OOS(=O)(=O)[O-])OC(=O)CCCCCCCCCCCCCCCCC.[NH4+]. The molecule has 0 fully saturated rings. The molecule has 0 aliphatic carbocycles. The average Bonchev–Trinajstić information content (AvgIpc) is 3.13. The lowest BCUT2D eigenvalue weighted by atomic mass is 9.95. The van der Waals surface area contributed by atoms with Gasteiger partial charge in [0.15, 0.2) is 0 Å². The predicted octanol–water partition coefficient (Wildman–Crippen LogP) is 12.7. The summed E-state index contributed by atoms with van der Waals surface area (Å²) in [6, 6.07) is 0. The molecule has 334 valence electrons. The maximum atomic E-state index is 12.8. The van der Waals surface area contributed by atoms with Crippen molar-refractivity contribution in [3.8, 4) is 0 Å². The van der Waals surface area contributed by atoms with Gasteiger partial charge in [0.1, 0.15) is 5.60 Å². The highest BCUT2D eigenvalue weighted by Crippen LogP contribution is 2.28. The summed E-state index contributed by atoms with van der Waals surface area (Å²) in [4.78, 5) is 41.8. The number of esters is 2. The fourth-order valence-electron chi connectivity index (χ4n) is 6.83. The quantitative estimate of drug-likeness (QED) is 0.0113. The number of carbonyl (C=O) groups is 3. The lowest BCUT2D eigenvalue weighted by molar-refractivity contribution is -0.304. The first-order chi connectivity index (χ1) is 26.4. The topological polar surface area (TPSA) is 202 Å². The Morgan fingerprint density at radius 1 is 0.536 bits per heavy atom. The van der Waals surface area contributed by atoms with Gasteiger partial charge in [-0.1, -0.05) is 194 Å². The Bertz CT molecular complexity index is 995. The molecular formula is C43H85NO11S. The minimum absolute atomic E-state index is 0. The van der Waals surface area contributed by atoms with Gasteiger partial charge in [0.2, 0.25) is 16.7 Å². The Morgan fingerprint density at radius 3 is 1.09 bits per heavy atom. The van der Waals surface area contributed by atoms with Crippen LogP contribution in [0.25, 0.3) is 0 Å². The Hall–Kier alpha value is -1.80. The summed E-state index contributed by atoms with van der Waals surface area (Å²) < 4.78 is 48.3. The van der Waals surface area contributed by atoms with Crippen LogP contribution in [-0.4, -0.2) is 47.9 Å². The number of carboxylic acid groups (broad SMARTS) is 1. The molecule has 0 aromatic rings. The van der Waals surface area contributed by atoms with E-state index in [4.69, 9.17) is 14.4 Å². The molecule has 0 spiro atoms. The fourth-order valence-corrected chi connectivity index (χ4v) is 7.07. The van der Waals surface area contributed by atoms with Crippen molar-refractivity contribution in [1.29, 1.82) is 0 Å². The van der Waals surface area contributed by atoms with E-state index in [1.807, 2.05) is 0 Å². The molecule has 13 heteroatoms. The molecule has 1 unspecified atom stereocenters. The number of quaternary nitrogens is 1. The van der Waals surface area contributed by atoms with Gasteiger partial charge >= 0.3 is 17.9 Å². The standard InChI is InChI=1S/C43H82O11S.H3N/c1-4-6-8-10-12-14-16-18-20-22-24-26-28-30-32-34-40(46)51-42(38-43(3,37-36-39(44)45)53-54-55(48,49)50)52-41(47)35-33-31-29-27-25-23-21-19-17-15-13-11-9-7-5-2;/h42H,4-38H2,1-3H3,(H,44,45)(H,48,49,50);1H3. The summed E-state index contributed by atoms with van der Waals surface area (Å²) in [5.74, 6) is -2.40. The van der Waals surface area contributed by atoms with Crippen molar-refractivity contribution in [2.24, 2.45) is 0 Å². The average molecular weight is 824 g/mol. The van der Waals surface area contributed by atoms with E-state index in [9.17, 15) is 32.5 Å². The van der Waals surface area contributed by atoms with Crippen molar-refractivity contribution in [3.63, 3.8) is 0 Å². The lowest BCUT2D eigenvalue weighted by Gasteiger charge is -2.31. The van der Waals surface area contributed by atoms with Crippen molar-refractivity contribution in [1.82, 2.24) is 6.15 Å². The third-order valence-corrected chi connectivity index (χ3v) is 10.5. The third kappa shape index (κ3) is 40.4. The first-order valence-electron chi connectivity index (χ1n) is 22.3. The molecule has 56 heavy (non-hydrogen) atoms. The molecule has 0 aliphatic heterocycles. The van der Waals surface area contributed by atoms with Crippen LogP contribution in [0.4, 0.5) is 0 Å². The zero-order valence-electron chi connectivity index (χ0n) is 36.3. The largest absolute Gasteiger partial charge is 0.724 e. The normalized spacial score (nSPS) is 12.7. The van der Waals surface area contributed by atoms with Crippen LogP contribution in [0.2, 0.25) is 0 Å². The number of carbonyl (C=O) groups excluding carboxylic acids is 2.